The van der Waals surface area contributed by atoms with Crippen molar-refractivity contribution in [1.29, 1.82) is 0 Å². The molecule has 0 aromatic heterocycles. The number of hydrogen-bond acceptors (Lipinski definition) is 2. The standard InChI is InChI=1S/C12H15FO2/c1-8-7-9(5-6-10(8)13)15-12-4-2-3-11(12)14/h5-7,11-12,14H,2-4H2,1H3. The SMILES string of the molecule is Cc1cc(OC2CCCC2O)ccc1F. The van der Waals surface area contributed by atoms with Gasteiger partial charge >= 0.3 is 0 Å². The van der Waals surface area contributed by atoms with Crippen LogP contribution in [-0.2, 0) is 0 Å². The van der Waals surface area contributed by atoms with Gasteiger partial charge in [-0.2, -0.15) is 0 Å². The van der Waals surface area contributed by atoms with Crippen molar-refractivity contribution >= 4 is 0 Å². The lowest BCUT2D eigenvalue weighted by molar-refractivity contribution is 0.0603. The van der Waals surface area contributed by atoms with Crippen molar-refractivity contribution in [2.45, 2.75) is 38.4 Å². The molecule has 0 saturated heterocycles. The molecule has 2 unspecified atom stereocenters. The summed E-state index contributed by atoms with van der Waals surface area (Å²) in [7, 11) is 0. The van der Waals surface area contributed by atoms with E-state index in [1.165, 1.54) is 6.07 Å². The van der Waals surface area contributed by atoms with Crippen LogP contribution in [0.4, 0.5) is 4.39 Å². The first kappa shape index (κ1) is 10.4. The van der Waals surface area contributed by atoms with Crippen LogP contribution in [0.1, 0.15) is 24.8 Å². The topological polar surface area (TPSA) is 29.5 Å². The second-order valence-electron chi connectivity index (χ2n) is 4.07. The third-order valence-electron chi connectivity index (χ3n) is 2.83. The molecule has 3 heteroatoms. The molecule has 82 valence electrons. The molecule has 1 aromatic rings. The molecule has 0 amide bonds. The minimum Gasteiger partial charge on any atom is -0.488 e. The Balaban J connectivity index is 2.07. The Hall–Kier alpha value is -1.09. The van der Waals surface area contributed by atoms with E-state index in [-0.39, 0.29) is 18.0 Å². The summed E-state index contributed by atoms with van der Waals surface area (Å²) in [4.78, 5) is 0. The summed E-state index contributed by atoms with van der Waals surface area (Å²) >= 11 is 0. The van der Waals surface area contributed by atoms with Gasteiger partial charge in [-0.05, 0) is 49.9 Å². The second-order valence-corrected chi connectivity index (χ2v) is 4.07. The molecular formula is C12H15FO2. The van der Waals surface area contributed by atoms with Crippen LogP contribution in [-0.4, -0.2) is 17.3 Å². The van der Waals surface area contributed by atoms with Gasteiger partial charge in [0.1, 0.15) is 17.7 Å². The van der Waals surface area contributed by atoms with Crippen LogP contribution in [0.15, 0.2) is 18.2 Å². The lowest BCUT2D eigenvalue weighted by Crippen LogP contribution is -2.25. The highest BCUT2D eigenvalue weighted by molar-refractivity contribution is 5.29. The van der Waals surface area contributed by atoms with E-state index in [1.54, 1.807) is 19.1 Å². The zero-order valence-corrected chi connectivity index (χ0v) is 8.74. The summed E-state index contributed by atoms with van der Waals surface area (Å²) in [6.07, 6.45) is 2.15. The van der Waals surface area contributed by atoms with E-state index >= 15 is 0 Å². The van der Waals surface area contributed by atoms with Crippen LogP contribution < -0.4 is 4.74 Å². The van der Waals surface area contributed by atoms with Gasteiger partial charge in [0, 0.05) is 0 Å². The molecule has 0 radical (unpaired) electrons. The van der Waals surface area contributed by atoms with E-state index in [1.807, 2.05) is 0 Å². The third-order valence-corrected chi connectivity index (χ3v) is 2.83. The molecule has 2 nitrogen and oxygen atoms in total. The maximum absolute atomic E-state index is 13.0. The first-order valence-electron chi connectivity index (χ1n) is 5.27. The zero-order valence-electron chi connectivity index (χ0n) is 8.74. The molecule has 0 heterocycles. The highest BCUT2D eigenvalue weighted by Crippen LogP contribution is 2.25. The molecule has 2 rings (SSSR count). The number of aliphatic hydroxyl groups excluding tert-OH is 1. The Morgan fingerprint density at radius 1 is 1.40 bits per heavy atom. The fourth-order valence-corrected chi connectivity index (χ4v) is 1.91. The Kier molecular flexibility index (Phi) is 2.91. The molecule has 1 saturated carbocycles. The Morgan fingerprint density at radius 2 is 2.20 bits per heavy atom. The molecule has 1 aliphatic rings. The summed E-state index contributed by atoms with van der Waals surface area (Å²) in [6, 6.07) is 4.67. The van der Waals surface area contributed by atoms with Crippen molar-refractivity contribution in [1.82, 2.24) is 0 Å². The Bertz CT molecular complexity index is 351. The maximum Gasteiger partial charge on any atom is 0.126 e. The van der Waals surface area contributed by atoms with Gasteiger partial charge in [-0.25, -0.2) is 4.39 Å². The van der Waals surface area contributed by atoms with Crippen molar-refractivity contribution in [3.05, 3.63) is 29.6 Å². The quantitative estimate of drug-likeness (QED) is 0.812. The molecule has 1 fully saturated rings. The molecule has 15 heavy (non-hydrogen) atoms. The van der Waals surface area contributed by atoms with Gasteiger partial charge in [-0.15, -0.1) is 0 Å². The average Bonchev–Trinajstić information content (AvgIpc) is 2.59. The normalized spacial score (nSPS) is 25.5. The fraction of sp³-hybridized carbons (Fsp3) is 0.500. The first-order chi connectivity index (χ1) is 7.16. The number of rotatable bonds is 2. The lowest BCUT2D eigenvalue weighted by atomic mass is 10.2. The summed E-state index contributed by atoms with van der Waals surface area (Å²) in [5.41, 5.74) is 0.569. The van der Waals surface area contributed by atoms with Gasteiger partial charge in [-0.1, -0.05) is 0 Å². The van der Waals surface area contributed by atoms with E-state index in [2.05, 4.69) is 0 Å². The zero-order chi connectivity index (χ0) is 10.8. The molecular weight excluding hydrogens is 195 g/mol. The maximum atomic E-state index is 13.0. The monoisotopic (exact) mass is 210 g/mol. The third kappa shape index (κ3) is 2.29. The van der Waals surface area contributed by atoms with E-state index in [4.69, 9.17) is 4.74 Å². The van der Waals surface area contributed by atoms with Gasteiger partial charge in [0.05, 0.1) is 6.10 Å². The first-order valence-corrected chi connectivity index (χ1v) is 5.27. The van der Waals surface area contributed by atoms with E-state index < -0.39 is 0 Å². The summed E-state index contributed by atoms with van der Waals surface area (Å²) in [5, 5.41) is 9.58. The van der Waals surface area contributed by atoms with Crippen molar-refractivity contribution in [2.75, 3.05) is 0 Å². The van der Waals surface area contributed by atoms with Crippen molar-refractivity contribution in [2.24, 2.45) is 0 Å². The molecule has 1 aliphatic carbocycles. The van der Waals surface area contributed by atoms with Crippen LogP contribution >= 0.6 is 0 Å². The van der Waals surface area contributed by atoms with Crippen molar-refractivity contribution < 1.29 is 14.2 Å². The highest BCUT2D eigenvalue weighted by Gasteiger charge is 2.26. The smallest absolute Gasteiger partial charge is 0.126 e. The summed E-state index contributed by atoms with van der Waals surface area (Å²) in [6.45, 7) is 1.70. The summed E-state index contributed by atoms with van der Waals surface area (Å²) < 4.78 is 18.6. The molecule has 1 aromatic carbocycles. The van der Waals surface area contributed by atoms with E-state index in [9.17, 15) is 9.50 Å². The number of halogens is 1. The van der Waals surface area contributed by atoms with E-state index in [0.29, 0.717) is 11.3 Å². The Morgan fingerprint density at radius 3 is 2.80 bits per heavy atom. The number of aliphatic hydroxyl groups is 1. The van der Waals surface area contributed by atoms with Gasteiger partial charge in [0.15, 0.2) is 0 Å². The van der Waals surface area contributed by atoms with Gasteiger partial charge in [0.2, 0.25) is 0 Å². The summed E-state index contributed by atoms with van der Waals surface area (Å²) in [5.74, 6) is 0.411. The second kappa shape index (κ2) is 4.19. The predicted octanol–water partition coefficient (Wildman–Crippen LogP) is 2.43. The number of aryl methyl sites for hydroxylation is 1. The van der Waals surface area contributed by atoms with Crippen LogP contribution in [0.25, 0.3) is 0 Å². The van der Waals surface area contributed by atoms with Crippen LogP contribution in [0, 0.1) is 12.7 Å². The van der Waals surface area contributed by atoms with Crippen molar-refractivity contribution in [3.8, 4) is 5.75 Å². The fourth-order valence-electron chi connectivity index (χ4n) is 1.91. The van der Waals surface area contributed by atoms with Gasteiger partial charge in [-0.3, -0.25) is 0 Å². The molecule has 2 atom stereocenters. The van der Waals surface area contributed by atoms with E-state index in [0.717, 1.165) is 19.3 Å². The average molecular weight is 210 g/mol. The molecule has 0 spiro atoms. The minimum atomic E-state index is -0.379. The minimum absolute atomic E-state index is 0.130. The number of benzene rings is 1. The largest absolute Gasteiger partial charge is 0.488 e. The molecule has 0 bridgehead atoms. The van der Waals surface area contributed by atoms with Crippen LogP contribution in [0.5, 0.6) is 5.75 Å². The highest BCUT2D eigenvalue weighted by atomic mass is 19.1. The van der Waals surface area contributed by atoms with Gasteiger partial charge < -0.3 is 9.84 Å². The van der Waals surface area contributed by atoms with Crippen LogP contribution in [0.3, 0.4) is 0 Å². The van der Waals surface area contributed by atoms with Crippen molar-refractivity contribution in [3.63, 3.8) is 0 Å². The van der Waals surface area contributed by atoms with Gasteiger partial charge in [0.25, 0.3) is 0 Å². The number of hydrogen-bond donors (Lipinski definition) is 1. The predicted molar refractivity (Wildman–Crippen MR) is 55.4 cm³/mol. The molecule has 0 aliphatic heterocycles. The molecule has 1 N–H and O–H groups in total. The lowest BCUT2D eigenvalue weighted by Gasteiger charge is -2.17. The number of ether oxygens (including phenoxy) is 1. The van der Waals surface area contributed by atoms with Crippen LogP contribution in [0.2, 0.25) is 0 Å². The Labute approximate surface area is 88.7 Å².